The lowest BCUT2D eigenvalue weighted by Crippen LogP contribution is -2.52. The summed E-state index contributed by atoms with van der Waals surface area (Å²) in [4.78, 5) is 66.9. The smallest absolute Gasteiger partial charge is 0.408 e. The summed E-state index contributed by atoms with van der Waals surface area (Å²) in [5.74, 6) is -3.79. The number of amides is 3. The van der Waals surface area contributed by atoms with Gasteiger partial charge in [-0.3, -0.25) is 14.4 Å². The van der Waals surface area contributed by atoms with Crippen molar-refractivity contribution in [1.29, 1.82) is 0 Å². The minimum atomic E-state index is -4.54. The zero-order valence-corrected chi connectivity index (χ0v) is 27.6. The number of thiophene rings is 1. The van der Waals surface area contributed by atoms with Gasteiger partial charge in [-0.25, -0.2) is 22.7 Å². The number of ketones is 1. The van der Waals surface area contributed by atoms with Gasteiger partial charge < -0.3 is 24.8 Å². The van der Waals surface area contributed by atoms with Gasteiger partial charge in [0.25, 0.3) is 10.0 Å². The fourth-order valence-electron chi connectivity index (χ4n) is 6.01. The van der Waals surface area contributed by atoms with E-state index < -0.39 is 67.1 Å². The van der Waals surface area contributed by atoms with Gasteiger partial charge >= 0.3 is 12.1 Å². The molecule has 15 heteroatoms. The van der Waals surface area contributed by atoms with Crippen LogP contribution < -0.4 is 14.8 Å². The van der Waals surface area contributed by atoms with Crippen molar-refractivity contribution in [2.45, 2.75) is 100 Å². The molecule has 0 aromatic carbocycles. The molecule has 4 rings (SSSR count). The molecule has 1 saturated heterocycles. The number of sulfonamides is 1. The van der Waals surface area contributed by atoms with Gasteiger partial charge in [0.1, 0.15) is 17.2 Å². The van der Waals surface area contributed by atoms with Crippen LogP contribution in [0.5, 0.6) is 5.75 Å². The summed E-state index contributed by atoms with van der Waals surface area (Å²) in [5.41, 5.74) is -2.47. The number of aromatic carboxylic acids is 1. The van der Waals surface area contributed by atoms with Crippen LogP contribution in [0.2, 0.25) is 0 Å². The van der Waals surface area contributed by atoms with Crippen LogP contribution >= 0.6 is 11.3 Å². The average Bonchev–Trinajstić information content (AvgIpc) is 3.28. The van der Waals surface area contributed by atoms with E-state index in [1.807, 2.05) is 12.2 Å². The lowest BCUT2D eigenvalue weighted by atomic mass is 9.91. The first-order valence-electron chi connectivity index (χ1n) is 15.0. The maximum Gasteiger partial charge on any atom is 0.408 e. The summed E-state index contributed by atoms with van der Waals surface area (Å²) >= 11 is 0.610. The number of fused-ring (bicyclic) bond motifs is 2. The predicted molar refractivity (Wildman–Crippen MR) is 163 cm³/mol. The molecular formula is C30H41N3O10S2. The van der Waals surface area contributed by atoms with Gasteiger partial charge in [0, 0.05) is 18.3 Å². The van der Waals surface area contributed by atoms with Crippen molar-refractivity contribution in [1.82, 2.24) is 14.9 Å². The first-order chi connectivity index (χ1) is 21.1. The van der Waals surface area contributed by atoms with Crippen LogP contribution in [0, 0.1) is 11.3 Å². The molecule has 0 radical (unpaired) electrons. The van der Waals surface area contributed by atoms with E-state index in [2.05, 4.69) is 10.0 Å². The number of carbonyl (C=O) groups excluding carboxylic acids is 4. The fraction of sp³-hybridized carbons (Fsp3) is 0.633. The molecule has 2 fully saturated rings. The molecule has 248 valence electrons. The zero-order chi connectivity index (χ0) is 33.2. The van der Waals surface area contributed by atoms with E-state index in [4.69, 9.17) is 9.47 Å². The Morgan fingerprint density at radius 2 is 1.84 bits per heavy atom. The van der Waals surface area contributed by atoms with E-state index in [1.54, 1.807) is 20.8 Å². The highest BCUT2D eigenvalue weighted by Crippen LogP contribution is 2.57. The Labute approximate surface area is 266 Å². The molecule has 0 unspecified atom stereocenters. The molecule has 1 aromatic rings. The Morgan fingerprint density at radius 3 is 2.51 bits per heavy atom. The minimum Gasteiger partial charge on any atom is -0.493 e. The SMILES string of the molecule is COc1c(C(=O)O)csc1S(=O)(=O)NC(=O)[C@]12CC(=O)[C@@H]3CCCN3C(=O)[C@@H](NC(=O)OC(C)(C)C)CCCCC/C=C\[C@@H]1C2. The van der Waals surface area contributed by atoms with E-state index in [-0.39, 0.29) is 29.9 Å². The van der Waals surface area contributed by atoms with Crippen LogP contribution in [0.1, 0.15) is 88.9 Å². The molecule has 3 N–H and O–H groups in total. The van der Waals surface area contributed by atoms with E-state index >= 15 is 0 Å². The van der Waals surface area contributed by atoms with E-state index in [0.717, 1.165) is 25.3 Å². The average molecular weight is 668 g/mol. The second kappa shape index (κ2) is 13.5. The number of carboxylic acid groups (broad SMARTS) is 1. The fourth-order valence-corrected chi connectivity index (χ4v) is 8.49. The van der Waals surface area contributed by atoms with Crippen molar-refractivity contribution in [2.75, 3.05) is 13.7 Å². The number of Topliss-reactive ketones (excluding diaryl/α,β-unsaturated/α-hetero) is 1. The molecular weight excluding hydrogens is 626 g/mol. The van der Waals surface area contributed by atoms with Crippen molar-refractivity contribution in [3.05, 3.63) is 23.1 Å². The van der Waals surface area contributed by atoms with Gasteiger partial charge in [-0.2, -0.15) is 0 Å². The normalized spacial score (nSPS) is 26.8. The summed E-state index contributed by atoms with van der Waals surface area (Å²) in [5, 5.41) is 13.2. The maximum absolute atomic E-state index is 13.8. The number of carboxylic acids is 1. The molecule has 0 spiro atoms. The third kappa shape index (κ3) is 7.86. The Kier molecular flexibility index (Phi) is 10.3. The lowest BCUT2D eigenvalue weighted by molar-refractivity contribution is -0.140. The minimum absolute atomic E-state index is 0.238. The summed E-state index contributed by atoms with van der Waals surface area (Å²) < 4.78 is 38.6. The molecule has 0 bridgehead atoms. The Morgan fingerprint density at radius 1 is 1.11 bits per heavy atom. The molecule has 2 aliphatic heterocycles. The van der Waals surface area contributed by atoms with Crippen molar-refractivity contribution < 1.29 is 47.0 Å². The number of ether oxygens (including phenoxy) is 2. The first-order valence-corrected chi connectivity index (χ1v) is 17.4. The molecule has 3 aliphatic rings. The molecule has 45 heavy (non-hydrogen) atoms. The van der Waals surface area contributed by atoms with Gasteiger partial charge in [0.2, 0.25) is 11.8 Å². The third-order valence-electron chi connectivity index (χ3n) is 8.32. The van der Waals surface area contributed by atoms with Crippen LogP contribution in [0.4, 0.5) is 4.79 Å². The summed E-state index contributed by atoms with van der Waals surface area (Å²) in [6.45, 7) is 5.48. The first kappa shape index (κ1) is 34.4. The molecule has 1 aromatic heterocycles. The van der Waals surface area contributed by atoms with Gasteiger partial charge in [-0.05, 0) is 65.2 Å². The highest BCUT2D eigenvalue weighted by molar-refractivity contribution is 7.92. The molecule has 3 amide bonds. The van der Waals surface area contributed by atoms with Crippen LogP contribution in [0.15, 0.2) is 21.7 Å². The Bertz CT molecular complexity index is 1480. The van der Waals surface area contributed by atoms with E-state index in [1.165, 1.54) is 4.90 Å². The third-order valence-corrected chi connectivity index (χ3v) is 11.2. The number of rotatable bonds is 6. The quantitative estimate of drug-likeness (QED) is 0.379. The van der Waals surface area contributed by atoms with Crippen molar-refractivity contribution >= 4 is 51.0 Å². The summed E-state index contributed by atoms with van der Waals surface area (Å²) in [7, 11) is -3.40. The monoisotopic (exact) mass is 667 g/mol. The van der Waals surface area contributed by atoms with Gasteiger partial charge in [-0.1, -0.05) is 25.0 Å². The number of allylic oxidation sites excluding steroid dienone is 2. The van der Waals surface area contributed by atoms with Crippen molar-refractivity contribution in [2.24, 2.45) is 11.3 Å². The molecule has 13 nitrogen and oxygen atoms in total. The summed E-state index contributed by atoms with van der Waals surface area (Å²) in [6.07, 6.45) is 7.22. The van der Waals surface area contributed by atoms with Crippen LogP contribution in [0.3, 0.4) is 0 Å². The van der Waals surface area contributed by atoms with E-state index in [0.29, 0.717) is 50.0 Å². The Hall–Kier alpha value is -3.46. The molecule has 4 atom stereocenters. The number of alkyl carbamates (subject to hydrolysis) is 1. The van der Waals surface area contributed by atoms with E-state index in [9.17, 15) is 37.5 Å². The predicted octanol–water partition coefficient (Wildman–Crippen LogP) is 3.63. The van der Waals surface area contributed by atoms with Crippen molar-refractivity contribution in [3.8, 4) is 5.75 Å². The number of nitrogens with one attached hydrogen (secondary N) is 2. The number of nitrogens with zero attached hydrogens (tertiary/aromatic N) is 1. The molecule has 3 heterocycles. The second-order valence-corrected chi connectivity index (χ2v) is 15.5. The van der Waals surface area contributed by atoms with Crippen LogP contribution in [-0.2, 0) is 29.1 Å². The number of hydrogen-bond acceptors (Lipinski definition) is 10. The zero-order valence-electron chi connectivity index (χ0n) is 25.9. The number of hydrogen-bond donors (Lipinski definition) is 3. The van der Waals surface area contributed by atoms with Crippen molar-refractivity contribution in [3.63, 3.8) is 0 Å². The second-order valence-electron chi connectivity index (χ2n) is 12.8. The van der Waals surface area contributed by atoms with Crippen LogP contribution in [0.25, 0.3) is 0 Å². The summed E-state index contributed by atoms with van der Waals surface area (Å²) in [6, 6.07) is -1.71. The number of methoxy groups -OCH3 is 1. The highest BCUT2D eigenvalue weighted by atomic mass is 32.2. The van der Waals surface area contributed by atoms with Gasteiger partial charge in [0.05, 0.1) is 18.6 Å². The van der Waals surface area contributed by atoms with Gasteiger partial charge in [-0.15, -0.1) is 11.3 Å². The molecule has 1 saturated carbocycles. The maximum atomic E-state index is 13.8. The standard InChI is InChI=1S/C30H41N3O10S2/c1-29(2,3)43-28(39)31-20-12-9-7-5-6-8-11-18-15-30(18,16-22(34)21-13-10-14-33(21)24(20)35)27(38)32-45(40,41)26-23(42-4)19(17-44-26)25(36)37/h8,11,17-18,20-21H,5-7,9-10,12-16H2,1-4H3,(H,31,39)(H,32,38)(H,36,37)/b11-8-/t18-,20+,21+,30-/m1/s1. The largest absolute Gasteiger partial charge is 0.493 e. The topological polar surface area (TPSA) is 185 Å². The van der Waals surface area contributed by atoms with Gasteiger partial charge in [0.15, 0.2) is 15.7 Å². The lowest BCUT2D eigenvalue weighted by Gasteiger charge is -2.30. The Balaban J connectivity index is 1.58. The highest BCUT2D eigenvalue weighted by Gasteiger charge is 2.61. The molecule has 1 aliphatic carbocycles. The number of carbonyl (C=O) groups is 5. The van der Waals surface area contributed by atoms with Crippen LogP contribution in [-0.4, -0.2) is 79.4 Å².